The molecule has 0 amide bonds. The van der Waals surface area contributed by atoms with Crippen molar-refractivity contribution in [3.63, 3.8) is 0 Å². The maximum Gasteiger partial charge on any atom is 0.0162 e. The Hall–Kier alpha value is -5.72. The lowest BCUT2D eigenvalue weighted by Crippen LogP contribution is -2.24. The molecule has 3 aliphatic rings. The van der Waals surface area contributed by atoms with E-state index in [9.17, 15) is 0 Å². The lowest BCUT2D eigenvalue weighted by molar-refractivity contribution is 0.601. The molecule has 11 rings (SSSR count). The van der Waals surface area contributed by atoms with Crippen molar-refractivity contribution in [2.45, 2.75) is 57.8 Å². The molecule has 0 heterocycles. The molecule has 0 saturated heterocycles. The van der Waals surface area contributed by atoms with Crippen molar-refractivity contribution in [2.75, 3.05) is 0 Å². The highest BCUT2D eigenvalue weighted by Gasteiger charge is 2.47. The van der Waals surface area contributed by atoms with Gasteiger partial charge < -0.3 is 0 Å². The molecule has 0 saturated carbocycles. The van der Waals surface area contributed by atoms with Gasteiger partial charge in [0.1, 0.15) is 0 Å². The summed E-state index contributed by atoms with van der Waals surface area (Å²) in [6.45, 7) is 14.5. The van der Waals surface area contributed by atoms with Gasteiger partial charge in [-0.2, -0.15) is 0 Å². The Balaban J connectivity index is 1.27. The SMILES string of the molecule is CC1(C)c2ccccc2-c2ccc(-c3c4ccccc4c(-c4cc5c(c6c4-c4ccccc4C6(C)C)C(C)(C)c4ccccc4-5)c4ccccc34)cc21. The second-order valence-corrected chi connectivity index (χ2v) is 17.2. The van der Waals surface area contributed by atoms with Crippen LogP contribution in [0.25, 0.3) is 77.2 Å². The summed E-state index contributed by atoms with van der Waals surface area (Å²) in [6.07, 6.45) is 0. The van der Waals surface area contributed by atoms with E-state index in [1.54, 1.807) is 0 Å². The van der Waals surface area contributed by atoms with Gasteiger partial charge in [-0.25, -0.2) is 0 Å². The highest BCUT2D eigenvalue weighted by atomic mass is 14.5. The zero-order chi connectivity index (χ0) is 36.0. The number of hydrogen-bond acceptors (Lipinski definition) is 0. The summed E-state index contributed by atoms with van der Waals surface area (Å²) in [6, 6.07) is 55.5. The Morgan fingerprint density at radius 1 is 0.283 bits per heavy atom. The fourth-order valence-corrected chi connectivity index (χ4v) is 11.0. The molecule has 0 aromatic heterocycles. The largest absolute Gasteiger partial charge is 0.0619 e. The average molecular weight is 679 g/mol. The van der Waals surface area contributed by atoms with Gasteiger partial charge in [0.05, 0.1) is 0 Å². The summed E-state index contributed by atoms with van der Waals surface area (Å²) in [4.78, 5) is 0. The predicted octanol–water partition coefficient (Wildman–Crippen LogP) is 14.2. The van der Waals surface area contributed by atoms with E-state index in [0.717, 1.165) is 0 Å². The molecule has 254 valence electrons. The van der Waals surface area contributed by atoms with E-state index < -0.39 is 0 Å². The van der Waals surface area contributed by atoms with E-state index in [2.05, 4.69) is 187 Å². The molecule has 8 aromatic carbocycles. The average Bonchev–Trinajstić information content (AvgIpc) is 3.66. The quantitative estimate of drug-likeness (QED) is 0.160. The monoisotopic (exact) mass is 678 g/mol. The Bertz CT molecular complexity index is 2850. The van der Waals surface area contributed by atoms with Crippen molar-refractivity contribution in [3.05, 3.63) is 179 Å². The van der Waals surface area contributed by atoms with E-state index in [1.807, 2.05) is 0 Å². The minimum Gasteiger partial charge on any atom is -0.0619 e. The highest BCUT2D eigenvalue weighted by Crippen LogP contribution is 2.62. The summed E-state index contributed by atoms with van der Waals surface area (Å²) in [5.74, 6) is 0. The summed E-state index contributed by atoms with van der Waals surface area (Å²) < 4.78 is 0. The third kappa shape index (κ3) is 3.81. The Morgan fingerprint density at radius 2 is 0.717 bits per heavy atom. The normalized spacial score (nSPS) is 16.2. The van der Waals surface area contributed by atoms with Gasteiger partial charge in [-0.15, -0.1) is 0 Å². The first-order chi connectivity index (χ1) is 25.6. The minimum atomic E-state index is -0.147. The van der Waals surface area contributed by atoms with E-state index in [4.69, 9.17) is 0 Å². The van der Waals surface area contributed by atoms with Crippen molar-refractivity contribution in [1.82, 2.24) is 0 Å². The molecule has 0 unspecified atom stereocenters. The van der Waals surface area contributed by atoms with Gasteiger partial charge in [0.15, 0.2) is 0 Å². The molecule has 0 heteroatoms. The van der Waals surface area contributed by atoms with Crippen molar-refractivity contribution >= 4 is 21.5 Å². The molecular weight excluding hydrogens is 637 g/mol. The van der Waals surface area contributed by atoms with Crippen LogP contribution in [0.3, 0.4) is 0 Å². The first-order valence-electron chi connectivity index (χ1n) is 19.2. The third-order valence-electron chi connectivity index (χ3n) is 13.4. The molecule has 0 nitrogen and oxygen atoms in total. The van der Waals surface area contributed by atoms with Crippen LogP contribution in [0.1, 0.15) is 74.9 Å². The van der Waals surface area contributed by atoms with E-state index in [0.29, 0.717) is 0 Å². The third-order valence-corrected chi connectivity index (χ3v) is 13.4. The topological polar surface area (TPSA) is 0 Å². The molecule has 0 N–H and O–H groups in total. The molecular formula is C53H42. The lowest BCUT2D eigenvalue weighted by atomic mass is 9.71. The van der Waals surface area contributed by atoms with Gasteiger partial charge in [0.25, 0.3) is 0 Å². The Labute approximate surface area is 312 Å². The van der Waals surface area contributed by atoms with Crippen LogP contribution in [0.15, 0.2) is 146 Å². The summed E-state index contributed by atoms with van der Waals surface area (Å²) in [5.41, 5.74) is 21.9. The summed E-state index contributed by atoms with van der Waals surface area (Å²) in [7, 11) is 0. The second-order valence-electron chi connectivity index (χ2n) is 17.2. The van der Waals surface area contributed by atoms with Gasteiger partial charge in [0.2, 0.25) is 0 Å². The fourth-order valence-electron chi connectivity index (χ4n) is 11.0. The highest BCUT2D eigenvalue weighted by molar-refractivity contribution is 6.23. The maximum absolute atomic E-state index is 2.57. The van der Waals surface area contributed by atoms with Gasteiger partial charge in [-0.3, -0.25) is 0 Å². The Morgan fingerprint density at radius 3 is 1.32 bits per heavy atom. The molecule has 0 bridgehead atoms. The molecule has 3 aliphatic carbocycles. The Kier molecular flexibility index (Phi) is 5.96. The first-order valence-corrected chi connectivity index (χ1v) is 19.2. The van der Waals surface area contributed by atoms with Crippen molar-refractivity contribution in [2.24, 2.45) is 0 Å². The van der Waals surface area contributed by atoms with E-state index in [1.165, 1.54) is 111 Å². The molecule has 53 heavy (non-hydrogen) atoms. The number of rotatable bonds is 2. The minimum absolute atomic E-state index is 0.0667. The summed E-state index contributed by atoms with van der Waals surface area (Å²) >= 11 is 0. The maximum atomic E-state index is 2.57. The van der Waals surface area contributed by atoms with Crippen molar-refractivity contribution in [1.29, 1.82) is 0 Å². The van der Waals surface area contributed by atoms with Crippen LogP contribution in [0.2, 0.25) is 0 Å². The van der Waals surface area contributed by atoms with Crippen LogP contribution in [0.5, 0.6) is 0 Å². The zero-order valence-electron chi connectivity index (χ0n) is 31.4. The predicted molar refractivity (Wildman–Crippen MR) is 225 cm³/mol. The molecule has 0 spiro atoms. The van der Waals surface area contributed by atoms with Crippen molar-refractivity contribution in [3.8, 4) is 55.6 Å². The number of benzene rings is 8. The first kappa shape index (κ1) is 30.9. The number of hydrogen-bond donors (Lipinski definition) is 0. The van der Waals surface area contributed by atoms with E-state index >= 15 is 0 Å². The van der Waals surface area contributed by atoms with Crippen LogP contribution >= 0.6 is 0 Å². The van der Waals surface area contributed by atoms with Gasteiger partial charge >= 0.3 is 0 Å². The van der Waals surface area contributed by atoms with Crippen LogP contribution in [0, 0.1) is 0 Å². The van der Waals surface area contributed by atoms with Gasteiger partial charge in [-0.1, -0.05) is 175 Å². The molecule has 0 fully saturated rings. The standard InChI is InChI=1S/C53H42/c1-51(2)42-24-14-11-17-32(42)34-28-27-31(29-45(34)51)46-35-19-7-9-21-37(35)47(38-22-10-8-20-36(38)46)41-30-40-33-18-12-15-25-43(33)52(3,4)49(40)50-48(41)39-23-13-16-26-44(39)53(50,5)6/h7-30H,1-6H3. The molecule has 0 radical (unpaired) electrons. The summed E-state index contributed by atoms with van der Waals surface area (Å²) in [5, 5.41) is 5.21. The van der Waals surface area contributed by atoms with Crippen LogP contribution < -0.4 is 0 Å². The second kappa shape index (κ2) is 10.2. The van der Waals surface area contributed by atoms with Crippen LogP contribution in [-0.4, -0.2) is 0 Å². The molecule has 0 aliphatic heterocycles. The van der Waals surface area contributed by atoms with Crippen molar-refractivity contribution < 1.29 is 0 Å². The lowest BCUT2D eigenvalue weighted by Gasteiger charge is -2.31. The van der Waals surface area contributed by atoms with Gasteiger partial charge in [0, 0.05) is 16.2 Å². The molecule has 0 atom stereocenters. The molecule has 8 aromatic rings. The fraction of sp³-hybridized carbons (Fsp3) is 0.170. The van der Waals surface area contributed by atoms with Crippen LogP contribution in [-0.2, 0) is 16.2 Å². The smallest absolute Gasteiger partial charge is 0.0162 e. The zero-order valence-corrected chi connectivity index (χ0v) is 31.4. The van der Waals surface area contributed by atoms with E-state index in [-0.39, 0.29) is 16.2 Å². The number of fused-ring (bicyclic) bond motifs is 12. The van der Waals surface area contributed by atoms with Crippen LogP contribution in [0.4, 0.5) is 0 Å². The van der Waals surface area contributed by atoms with Gasteiger partial charge in [-0.05, 0) is 123 Å².